The predicted octanol–water partition coefficient (Wildman–Crippen LogP) is 4.30. The molecule has 0 saturated carbocycles. The molecule has 0 heterocycles. The molecule has 0 unspecified atom stereocenters. The van der Waals surface area contributed by atoms with Gasteiger partial charge in [-0.25, -0.2) is 0 Å². The van der Waals surface area contributed by atoms with E-state index in [1.165, 1.54) is 5.57 Å². The lowest BCUT2D eigenvalue weighted by Gasteiger charge is -2.20. The van der Waals surface area contributed by atoms with Gasteiger partial charge in [0.05, 0.1) is 0 Å². The molecule has 0 saturated heterocycles. The minimum atomic E-state index is 0.242. The van der Waals surface area contributed by atoms with Gasteiger partial charge in [0.25, 0.3) is 0 Å². The van der Waals surface area contributed by atoms with Crippen molar-refractivity contribution in [2.45, 2.75) is 20.8 Å². The van der Waals surface area contributed by atoms with Crippen LogP contribution in [0.15, 0.2) is 23.8 Å². The third kappa shape index (κ3) is 5.15. The number of hydrogen-bond acceptors (Lipinski definition) is 0. The summed E-state index contributed by atoms with van der Waals surface area (Å²) in [5.74, 6) is 0. The Balaban J connectivity index is 4.46. The van der Waals surface area contributed by atoms with Gasteiger partial charge in [0, 0.05) is 10.7 Å². The van der Waals surface area contributed by atoms with Gasteiger partial charge in [0.2, 0.25) is 0 Å². The summed E-state index contributed by atoms with van der Waals surface area (Å²) in [5, 5.41) is 1.84. The topological polar surface area (TPSA) is 0 Å². The second-order valence-electron chi connectivity index (χ2n) is 3.62. The molecule has 0 fully saturated rings. The fraction of sp³-hybridized carbons (Fsp3) is 0.600. The van der Waals surface area contributed by atoms with Crippen LogP contribution in [0.4, 0.5) is 0 Å². The van der Waals surface area contributed by atoms with E-state index < -0.39 is 0 Å². The van der Waals surface area contributed by atoms with Crippen molar-refractivity contribution >= 4 is 31.9 Å². The Morgan fingerprint density at radius 2 is 1.75 bits per heavy atom. The van der Waals surface area contributed by atoms with Crippen molar-refractivity contribution in [3.05, 3.63) is 23.8 Å². The van der Waals surface area contributed by atoms with E-state index in [-0.39, 0.29) is 5.41 Å². The van der Waals surface area contributed by atoms with Crippen LogP contribution in [0.25, 0.3) is 0 Å². The molecule has 0 amide bonds. The van der Waals surface area contributed by atoms with E-state index in [1.807, 2.05) is 0 Å². The van der Waals surface area contributed by atoms with Crippen molar-refractivity contribution in [1.82, 2.24) is 0 Å². The number of alkyl halides is 2. The van der Waals surface area contributed by atoms with Crippen LogP contribution in [0.2, 0.25) is 0 Å². The van der Waals surface area contributed by atoms with Crippen molar-refractivity contribution in [2.75, 3.05) is 10.7 Å². The summed E-state index contributed by atoms with van der Waals surface area (Å²) < 4.78 is 0. The van der Waals surface area contributed by atoms with Crippen LogP contribution in [-0.2, 0) is 0 Å². The maximum absolute atomic E-state index is 3.41. The molecule has 0 aromatic carbocycles. The number of rotatable bonds is 3. The zero-order valence-corrected chi connectivity index (χ0v) is 11.1. The van der Waals surface area contributed by atoms with Gasteiger partial charge in [-0.1, -0.05) is 70.9 Å². The molecule has 0 aromatic heterocycles. The molecule has 0 aromatic rings. The normalized spacial score (nSPS) is 14.2. The molecule has 0 radical (unpaired) electrons. The molecule has 0 aliphatic heterocycles. The van der Waals surface area contributed by atoms with Crippen molar-refractivity contribution in [1.29, 1.82) is 0 Å². The van der Waals surface area contributed by atoms with Gasteiger partial charge in [-0.3, -0.25) is 0 Å². The summed E-state index contributed by atoms with van der Waals surface area (Å²) in [5.41, 5.74) is 1.62. The lowest BCUT2D eigenvalue weighted by Crippen LogP contribution is -2.07. The first kappa shape index (κ1) is 12.4. The van der Waals surface area contributed by atoms with E-state index in [9.17, 15) is 0 Å². The molecule has 0 rings (SSSR count). The van der Waals surface area contributed by atoms with Gasteiger partial charge in [-0.2, -0.15) is 0 Å². The predicted molar refractivity (Wildman–Crippen MR) is 64.3 cm³/mol. The second-order valence-corrected chi connectivity index (χ2v) is 4.92. The Labute approximate surface area is 92.4 Å². The van der Waals surface area contributed by atoms with E-state index in [2.05, 4.69) is 70.9 Å². The minimum absolute atomic E-state index is 0.242. The third-order valence-electron chi connectivity index (χ3n) is 1.55. The lowest BCUT2D eigenvalue weighted by atomic mass is 9.86. The van der Waals surface area contributed by atoms with Crippen LogP contribution in [0, 0.1) is 5.41 Å². The minimum Gasteiger partial charge on any atom is -0.0883 e. The highest BCUT2D eigenvalue weighted by atomic mass is 79.9. The van der Waals surface area contributed by atoms with Gasteiger partial charge in [-0.05, 0) is 11.0 Å². The maximum atomic E-state index is 3.41. The summed E-state index contributed by atoms with van der Waals surface area (Å²) in [6, 6.07) is 0. The van der Waals surface area contributed by atoms with Gasteiger partial charge in [0.1, 0.15) is 0 Å². The SMILES string of the molecule is CC(C)(C)C(/C=C\CBr)=C/CBr. The molecule has 0 atom stereocenters. The standard InChI is InChI=1S/C10H16Br2/c1-10(2,3)9(6-8-12)5-4-7-11/h4-6H,7-8H2,1-3H3/b5-4-,9-6+. The zero-order valence-electron chi connectivity index (χ0n) is 7.90. The molecular formula is C10H16Br2. The molecule has 0 aliphatic carbocycles. The quantitative estimate of drug-likeness (QED) is 0.538. The Bertz CT molecular complexity index is 173. The van der Waals surface area contributed by atoms with Gasteiger partial charge < -0.3 is 0 Å². The smallest absolute Gasteiger partial charge is 0.0217 e. The van der Waals surface area contributed by atoms with E-state index in [0.717, 1.165) is 10.7 Å². The summed E-state index contributed by atoms with van der Waals surface area (Å²) in [7, 11) is 0. The van der Waals surface area contributed by atoms with Gasteiger partial charge >= 0.3 is 0 Å². The molecule has 0 spiro atoms. The van der Waals surface area contributed by atoms with E-state index in [0.29, 0.717) is 0 Å². The summed E-state index contributed by atoms with van der Waals surface area (Å²) >= 11 is 6.78. The lowest BCUT2D eigenvalue weighted by molar-refractivity contribution is 0.516. The highest BCUT2D eigenvalue weighted by Crippen LogP contribution is 2.26. The first-order chi connectivity index (χ1) is 5.52. The monoisotopic (exact) mass is 294 g/mol. The molecule has 70 valence electrons. The number of halogens is 2. The van der Waals surface area contributed by atoms with Crippen LogP contribution in [0.1, 0.15) is 20.8 Å². The third-order valence-corrected chi connectivity index (χ3v) is 2.25. The molecule has 0 aliphatic rings. The van der Waals surface area contributed by atoms with Crippen LogP contribution >= 0.6 is 31.9 Å². The molecule has 12 heavy (non-hydrogen) atoms. The average molecular weight is 296 g/mol. The molecule has 0 nitrogen and oxygen atoms in total. The Hall–Kier alpha value is 0.440. The van der Waals surface area contributed by atoms with Crippen LogP contribution in [0.3, 0.4) is 0 Å². The molecule has 0 bridgehead atoms. The van der Waals surface area contributed by atoms with Crippen LogP contribution in [-0.4, -0.2) is 10.7 Å². The van der Waals surface area contributed by atoms with Gasteiger partial charge in [-0.15, -0.1) is 0 Å². The van der Waals surface area contributed by atoms with Crippen molar-refractivity contribution in [2.24, 2.45) is 5.41 Å². The second kappa shape index (κ2) is 5.98. The van der Waals surface area contributed by atoms with Crippen LogP contribution in [0.5, 0.6) is 0 Å². The first-order valence-electron chi connectivity index (χ1n) is 4.01. The van der Waals surface area contributed by atoms with E-state index >= 15 is 0 Å². The summed E-state index contributed by atoms with van der Waals surface area (Å²) in [6.45, 7) is 6.67. The van der Waals surface area contributed by atoms with Crippen molar-refractivity contribution < 1.29 is 0 Å². The number of hydrogen-bond donors (Lipinski definition) is 0. The Morgan fingerprint density at radius 3 is 2.08 bits per heavy atom. The van der Waals surface area contributed by atoms with E-state index in [4.69, 9.17) is 0 Å². The molecule has 2 heteroatoms. The maximum Gasteiger partial charge on any atom is 0.0217 e. The highest BCUT2D eigenvalue weighted by molar-refractivity contribution is 9.09. The highest BCUT2D eigenvalue weighted by Gasteiger charge is 2.13. The average Bonchev–Trinajstić information content (AvgIpc) is 1.95. The van der Waals surface area contributed by atoms with Gasteiger partial charge in [0.15, 0.2) is 0 Å². The summed E-state index contributed by atoms with van der Waals surface area (Å²) in [4.78, 5) is 0. The number of allylic oxidation sites excluding steroid dienone is 4. The Morgan fingerprint density at radius 1 is 1.17 bits per heavy atom. The fourth-order valence-corrected chi connectivity index (χ4v) is 1.41. The zero-order chi connectivity index (χ0) is 9.61. The molecular weight excluding hydrogens is 280 g/mol. The van der Waals surface area contributed by atoms with Crippen LogP contribution < -0.4 is 0 Å². The van der Waals surface area contributed by atoms with E-state index in [1.54, 1.807) is 0 Å². The van der Waals surface area contributed by atoms with Crippen molar-refractivity contribution in [3.63, 3.8) is 0 Å². The summed E-state index contributed by atoms with van der Waals surface area (Å²) in [6.07, 6.45) is 6.51. The fourth-order valence-electron chi connectivity index (χ4n) is 0.879. The first-order valence-corrected chi connectivity index (χ1v) is 6.25. The molecule has 0 N–H and O–H groups in total. The Kier molecular flexibility index (Phi) is 6.20. The van der Waals surface area contributed by atoms with Crippen molar-refractivity contribution in [3.8, 4) is 0 Å². The largest absolute Gasteiger partial charge is 0.0883 e.